The second-order valence-corrected chi connectivity index (χ2v) is 5.86. The molecule has 3 nitrogen and oxygen atoms in total. The number of rotatable bonds is 5. The Hall–Kier alpha value is -1.84. The van der Waals surface area contributed by atoms with Crippen LogP contribution in [0.4, 0.5) is 0 Å². The van der Waals surface area contributed by atoms with Crippen molar-refractivity contribution < 1.29 is 9.84 Å². The first-order valence-corrected chi connectivity index (χ1v) is 7.89. The normalized spacial score (nSPS) is 20.0. The van der Waals surface area contributed by atoms with E-state index in [0.717, 1.165) is 24.3 Å². The van der Waals surface area contributed by atoms with Gasteiger partial charge in [-0.3, -0.25) is 4.90 Å². The second-order valence-electron chi connectivity index (χ2n) is 5.86. The molecule has 3 heteroatoms. The summed E-state index contributed by atoms with van der Waals surface area (Å²) in [6, 6.07) is 18.7. The summed E-state index contributed by atoms with van der Waals surface area (Å²) in [5.74, 6) is 0.789. The third-order valence-electron chi connectivity index (χ3n) is 4.43. The molecule has 1 N–H and O–H groups in total. The third-order valence-corrected chi connectivity index (χ3v) is 4.43. The summed E-state index contributed by atoms with van der Waals surface area (Å²) in [4.78, 5) is 2.39. The van der Waals surface area contributed by atoms with Gasteiger partial charge in [-0.2, -0.15) is 0 Å². The summed E-state index contributed by atoms with van der Waals surface area (Å²) >= 11 is 0. The van der Waals surface area contributed by atoms with E-state index in [9.17, 15) is 5.11 Å². The van der Waals surface area contributed by atoms with E-state index in [1.54, 1.807) is 7.11 Å². The number of aliphatic hydroxyl groups is 1. The quantitative estimate of drug-likeness (QED) is 0.916. The summed E-state index contributed by atoms with van der Waals surface area (Å²) in [7, 11) is 1.65. The van der Waals surface area contributed by atoms with Crippen molar-refractivity contribution in [1.29, 1.82) is 0 Å². The first-order chi connectivity index (χ1) is 10.8. The van der Waals surface area contributed by atoms with Crippen molar-refractivity contribution >= 4 is 0 Å². The minimum atomic E-state index is -0.487. The van der Waals surface area contributed by atoms with Crippen molar-refractivity contribution in [3.8, 4) is 5.75 Å². The number of benzene rings is 2. The van der Waals surface area contributed by atoms with Gasteiger partial charge in [0, 0.05) is 12.6 Å². The zero-order valence-electron chi connectivity index (χ0n) is 13.0. The van der Waals surface area contributed by atoms with Gasteiger partial charge in [0.25, 0.3) is 0 Å². The molecular formula is C19H23NO2. The van der Waals surface area contributed by atoms with Gasteiger partial charge in [-0.25, -0.2) is 0 Å². The van der Waals surface area contributed by atoms with Crippen molar-refractivity contribution in [2.45, 2.75) is 25.0 Å². The van der Waals surface area contributed by atoms with Gasteiger partial charge in [-0.15, -0.1) is 0 Å². The Morgan fingerprint density at radius 2 is 2.00 bits per heavy atom. The van der Waals surface area contributed by atoms with Crippen LogP contribution < -0.4 is 4.74 Å². The maximum absolute atomic E-state index is 10.6. The predicted octanol–water partition coefficient (Wildman–Crippen LogP) is 3.57. The predicted molar refractivity (Wildman–Crippen MR) is 87.9 cm³/mol. The molecule has 1 saturated heterocycles. The number of β-amino-alcohol motifs (C(OH)–C–C–N with tert-alkyl or cyclic N) is 1. The molecular weight excluding hydrogens is 274 g/mol. The summed E-state index contributed by atoms with van der Waals surface area (Å²) < 4.78 is 5.24. The third kappa shape index (κ3) is 3.32. The Morgan fingerprint density at radius 3 is 2.77 bits per heavy atom. The average Bonchev–Trinajstić information content (AvgIpc) is 3.04. The van der Waals surface area contributed by atoms with Crippen LogP contribution >= 0.6 is 0 Å². The van der Waals surface area contributed by atoms with Crippen molar-refractivity contribution in [2.24, 2.45) is 0 Å². The lowest BCUT2D eigenvalue weighted by Gasteiger charge is -2.27. The summed E-state index contributed by atoms with van der Waals surface area (Å²) in [5, 5.41) is 10.6. The van der Waals surface area contributed by atoms with E-state index in [2.05, 4.69) is 29.2 Å². The van der Waals surface area contributed by atoms with Gasteiger partial charge in [-0.05, 0) is 42.6 Å². The molecule has 2 atom stereocenters. The van der Waals surface area contributed by atoms with E-state index in [0.29, 0.717) is 12.6 Å². The Balaban J connectivity index is 1.71. The Labute approximate surface area is 132 Å². The fourth-order valence-electron chi connectivity index (χ4n) is 3.27. The number of methoxy groups -OCH3 is 1. The molecule has 0 radical (unpaired) electrons. The highest BCUT2D eigenvalue weighted by Gasteiger charge is 2.27. The molecule has 1 aliphatic rings. The number of hydrogen-bond donors (Lipinski definition) is 1. The van der Waals surface area contributed by atoms with Crippen molar-refractivity contribution in [3.05, 3.63) is 65.7 Å². The minimum absolute atomic E-state index is 0.418. The minimum Gasteiger partial charge on any atom is -0.497 e. The number of ether oxygens (including phenoxy) is 1. The molecule has 1 aliphatic heterocycles. The zero-order chi connectivity index (χ0) is 15.4. The molecule has 2 aromatic rings. The largest absolute Gasteiger partial charge is 0.497 e. The molecule has 0 amide bonds. The highest BCUT2D eigenvalue weighted by Crippen LogP contribution is 2.33. The Morgan fingerprint density at radius 1 is 1.18 bits per heavy atom. The smallest absolute Gasteiger partial charge is 0.119 e. The molecule has 0 aromatic heterocycles. The first-order valence-electron chi connectivity index (χ1n) is 7.89. The Kier molecular flexibility index (Phi) is 4.76. The highest BCUT2D eigenvalue weighted by molar-refractivity contribution is 5.30. The topological polar surface area (TPSA) is 32.7 Å². The van der Waals surface area contributed by atoms with Gasteiger partial charge in [0.15, 0.2) is 0 Å². The summed E-state index contributed by atoms with van der Waals surface area (Å²) in [5.41, 5.74) is 2.26. The van der Waals surface area contributed by atoms with Gasteiger partial charge in [0.2, 0.25) is 0 Å². The molecule has 116 valence electrons. The van der Waals surface area contributed by atoms with E-state index in [1.165, 1.54) is 12.0 Å². The molecule has 1 fully saturated rings. The van der Waals surface area contributed by atoms with E-state index in [-0.39, 0.29) is 0 Å². The number of likely N-dealkylation sites (tertiary alicyclic amines) is 1. The van der Waals surface area contributed by atoms with Crippen LogP contribution in [0.1, 0.15) is 36.1 Å². The lowest BCUT2D eigenvalue weighted by Crippen LogP contribution is -2.28. The molecule has 0 aliphatic carbocycles. The van der Waals surface area contributed by atoms with Crippen molar-refractivity contribution in [2.75, 3.05) is 20.2 Å². The van der Waals surface area contributed by atoms with Gasteiger partial charge in [-0.1, -0.05) is 42.5 Å². The molecule has 22 heavy (non-hydrogen) atoms. The molecule has 1 heterocycles. The standard InChI is InChI=1S/C19H23NO2/c1-22-17-10-5-9-16(13-17)19(21)14-20-12-6-11-18(20)15-7-3-2-4-8-15/h2-5,7-10,13,18-19,21H,6,11-12,14H2,1H3. The fourth-order valence-corrected chi connectivity index (χ4v) is 3.27. The number of hydrogen-bond acceptors (Lipinski definition) is 3. The number of nitrogens with zero attached hydrogens (tertiary/aromatic N) is 1. The maximum atomic E-state index is 10.6. The molecule has 0 bridgehead atoms. The van der Waals surface area contributed by atoms with Crippen LogP contribution in [-0.2, 0) is 0 Å². The molecule has 0 spiro atoms. The van der Waals surface area contributed by atoms with Crippen LogP contribution in [0.5, 0.6) is 5.75 Å². The fraction of sp³-hybridized carbons (Fsp3) is 0.368. The number of aliphatic hydroxyl groups excluding tert-OH is 1. The molecule has 2 unspecified atom stereocenters. The van der Waals surface area contributed by atoms with Gasteiger partial charge in [0.05, 0.1) is 13.2 Å². The van der Waals surface area contributed by atoms with E-state index in [4.69, 9.17) is 4.74 Å². The summed E-state index contributed by atoms with van der Waals surface area (Å²) in [6.45, 7) is 1.70. The van der Waals surface area contributed by atoms with E-state index in [1.807, 2.05) is 30.3 Å². The van der Waals surface area contributed by atoms with Gasteiger partial charge >= 0.3 is 0 Å². The first kappa shape index (κ1) is 15.1. The monoisotopic (exact) mass is 297 g/mol. The van der Waals surface area contributed by atoms with Crippen LogP contribution in [0.2, 0.25) is 0 Å². The van der Waals surface area contributed by atoms with Crippen molar-refractivity contribution in [1.82, 2.24) is 4.90 Å². The van der Waals surface area contributed by atoms with Crippen LogP contribution in [0.3, 0.4) is 0 Å². The molecule has 0 saturated carbocycles. The lowest BCUT2D eigenvalue weighted by molar-refractivity contribution is 0.106. The van der Waals surface area contributed by atoms with Gasteiger partial charge < -0.3 is 9.84 Å². The van der Waals surface area contributed by atoms with Gasteiger partial charge in [0.1, 0.15) is 5.75 Å². The SMILES string of the molecule is COc1cccc(C(O)CN2CCCC2c2ccccc2)c1. The Bertz CT molecular complexity index is 599. The molecule has 2 aromatic carbocycles. The second kappa shape index (κ2) is 6.95. The molecule has 3 rings (SSSR count). The van der Waals surface area contributed by atoms with Crippen LogP contribution in [-0.4, -0.2) is 30.2 Å². The van der Waals surface area contributed by atoms with Crippen LogP contribution in [0.25, 0.3) is 0 Å². The van der Waals surface area contributed by atoms with E-state index >= 15 is 0 Å². The average molecular weight is 297 g/mol. The van der Waals surface area contributed by atoms with E-state index < -0.39 is 6.10 Å². The van der Waals surface area contributed by atoms with Crippen LogP contribution in [0.15, 0.2) is 54.6 Å². The highest BCUT2D eigenvalue weighted by atomic mass is 16.5. The zero-order valence-corrected chi connectivity index (χ0v) is 13.0. The maximum Gasteiger partial charge on any atom is 0.119 e. The lowest BCUT2D eigenvalue weighted by atomic mass is 10.0. The van der Waals surface area contributed by atoms with Crippen molar-refractivity contribution in [3.63, 3.8) is 0 Å². The summed E-state index contributed by atoms with van der Waals surface area (Å²) in [6.07, 6.45) is 1.86. The van der Waals surface area contributed by atoms with Crippen LogP contribution in [0, 0.1) is 0 Å².